The van der Waals surface area contributed by atoms with Gasteiger partial charge in [0.25, 0.3) is 0 Å². The van der Waals surface area contributed by atoms with Crippen molar-refractivity contribution in [2.24, 2.45) is 11.8 Å². The number of ether oxygens (including phenoxy) is 1. The molecule has 1 heterocycles. The second-order valence-corrected chi connectivity index (χ2v) is 7.05. The van der Waals surface area contributed by atoms with E-state index in [0.717, 1.165) is 30.4 Å². The molecule has 25 heavy (non-hydrogen) atoms. The Hall–Kier alpha value is -1.46. The van der Waals surface area contributed by atoms with Gasteiger partial charge in [0, 0.05) is 26.1 Å². The van der Waals surface area contributed by atoms with Crippen LogP contribution in [-0.4, -0.2) is 55.5 Å². The standard InChI is InChI=1S/C20H30FNO3/c1-14(16-8-10-22(11-9-16)19(24)13-23)4-5-15(2)20(25-3)18(12-21)17-6-7-17/h4-5,8,17-18,20,23H,6-7,9-13H2,1-3H3/b14-4+,15-5+/t18?,20-/m1/s1. The molecule has 2 atom stereocenters. The summed E-state index contributed by atoms with van der Waals surface area (Å²) >= 11 is 0. The predicted molar refractivity (Wildman–Crippen MR) is 96.9 cm³/mol. The molecule has 1 saturated carbocycles. The zero-order valence-corrected chi connectivity index (χ0v) is 15.5. The first kappa shape index (κ1) is 19.9. The molecule has 1 amide bonds. The van der Waals surface area contributed by atoms with Gasteiger partial charge in [-0.25, -0.2) is 0 Å². The molecule has 0 aromatic rings. The lowest BCUT2D eigenvalue weighted by Crippen LogP contribution is -2.36. The maximum absolute atomic E-state index is 13.4. The number of hydrogen-bond acceptors (Lipinski definition) is 3. The molecule has 0 aromatic carbocycles. The fourth-order valence-electron chi connectivity index (χ4n) is 3.49. The van der Waals surface area contributed by atoms with E-state index >= 15 is 0 Å². The number of hydrogen-bond donors (Lipinski definition) is 1. The summed E-state index contributed by atoms with van der Waals surface area (Å²) in [6.45, 7) is 4.45. The first-order valence-corrected chi connectivity index (χ1v) is 9.03. The molecule has 1 N–H and O–H groups in total. The van der Waals surface area contributed by atoms with Gasteiger partial charge in [0.05, 0.1) is 12.8 Å². The van der Waals surface area contributed by atoms with E-state index in [1.54, 1.807) is 12.0 Å². The van der Waals surface area contributed by atoms with Gasteiger partial charge in [-0.3, -0.25) is 9.18 Å². The van der Waals surface area contributed by atoms with Gasteiger partial charge in [0.15, 0.2) is 0 Å². The second-order valence-electron chi connectivity index (χ2n) is 7.05. The van der Waals surface area contributed by atoms with E-state index < -0.39 is 6.61 Å². The van der Waals surface area contributed by atoms with Gasteiger partial charge in [0.1, 0.15) is 6.61 Å². The molecule has 1 aliphatic heterocycles. The van der Waals surface area contributed by atoms with Gasteiger partial charge in [-0.15, -0.1) is 0 Å². The van der Waals surface area contributed by atoms with E-state index in [-0.39, 0.29) is 24.6 Å². The van der Waals surface area contributed by atoms with Crippen molar-refractivity contribution < 1.29 is 19.0 Å². The molecule has 1 fully saturated rings. The van der Waals surface area contributed by atoms with E-state index in [4.69, 9.17) is 9.84 Å². The van der Waals surface area contributed by atoms with Gasteiger partial charge in [-0.1, -0.05) is 18.2 Å². The maximum atomic E-state index is 13.4. The largest absolute Gasteiger partial charge is 0.387 e. The van der Waals surface area contributed by atoms with Crippen molar-refractivity contribution in [3.8, 4) is 0 Å². The minimum atomic E-state index is -0.435. The maximum Gasteiger partial charge on any atom is 0.248 e. The number of nitrogens with zero attached hydrogens (tertiary/aromatic N) is 1. The lowest BCUT2D eigenvalue weighted by molar-refractivity contribution is -0.133. The molecular formula is C20H30FNO3. The zero-order valence-electron chi connectivity index (χ0n) is 15.5. The van der Waals surface area contributed by atoms with Crippen molar-refractivity contribution in [3.63, 3.8) is 0 Å². The molecule has 2 rings (SSSR count). The average molecular weight is 351 g/mol. The summed E-state index contributed by atoms with van der Waals surface area (Å²) in [7, 11) is 1.65. The van der Waals surface area contributed by atoms with Gasteiger partial charge in [-0.2, -0.15) is 0 Å². The number of allylic oxidation sites excluding steroid dienone is 3. The number of carbonyl (C=O) groups is 1. The van der Waals surface area contributed by atoms with Crippen LogP contribution in [0.2, 0.25) is 0 Å². The number of alkyl halides is 1. The Morgan fingerprint density at radius 3 is 2.64 bits per heavy atom. The summed E-state index contributed by atoms with van der Waals surface area (Å²) in [5.41, 5.74) is 3.41. The SMILES string of the molecule is CO[C@H](/C(C)=C/C=C(\C)C1=CCN(C(=O)CO)CC1)C(CF)C1CC1. The van der Waals surface area contributed by atoms with Crippen LogP contribution < -0.4 is 0 Å². The normalized spacial score (nSPS) is 21.8. The van der Waals surface area contributed by atoms with Gasteiger partial charge < -0.3 is 14.7 Å². The molecule has 0 radical (unpaired) electrons. The predicted octanol–water partition coefficient (Wildman–Crippen LogP) is 3.04. The van der Waals surface area contributed by atoms with Crippen LogP contribution in [0.1, 0.15) is 33.1 Å². The molecule has 140 valence electrons. The summed E-state index contributed by atoms with van der Waals surface area (Å²) in [4.78, 5) is 13.1. The van der Waals surface area contributed by atoms with Crippen LogP contribution in [0, 0.1) is 11.8 Å². The third-order valence-electron chi connectivity index (χ3n) is 5.30. The highest BCUT2D eigenvalue weighted by Crippen LogP contribution is 2.41. The van der Waals surface area contributed by atoms with Crippen molar-refractivity contribution in [2.45, 2.75) is 39.2 Å². The number of halogens is 1. The van der Waals surface area contributed by atoms with E-state index in [0.29, 0.717) is 19.0 Å². The number of rotatable bonds is 8. The molecule has 0 bridgehead atoms. The molecule has 0 spiro atoms. The van der Waals surface area contributed by atoms with E-state index in [9.17, 15) is 9.18 Å². The molecular weight excluding hydrogens is 321 g/mol. The van der Waals surface area contributed by atoms with Crippen LogP contribution in [0.3, 0.4) is 0 Å². The van der Waals surface area contributed by atoms with Crippen LogP contribution in [0.5, 0.6) is 0 Å². The lowest BCUT2D eigenvalue weighted by Gasteiger charge is -2.26. The minimum absolute atomic E-state index is 0.0399. The van der Waals surface area contributed by atoms with Crippen LogP contribution in [0.4, 0.5) is 4.39 Å². The highest BCUT2D eigenvalue weighted by Gasteiger charge is 2.37. The highest BCUT2D eigenvalue weighted by molar-refractivity contribution is 5.77. The first-order valence-electron chi connectivity index (χ1n) is 9.03. The fourth-order valence-corrected chi connectivity index (χ4v) is 3.49. The Bertz CT molecular complexity index is 563. The van der Waals surface area contributed by atoms with Gasteiger partial charge in [-0.05, 0) is 55.7 Å². The molecule has 5 heteroatoms. The van der Waals surface area contributed by atoms with Crippen molar-refractivity contribution in [2.75, 3.05) is 33.5 Å². The summed E-state index contributed by atoms with van der Waals surface area (Å²) in [6.07, 6.45) is 8.94. The lowest BCUT2D eigenvalue weighted by atomic mass is 9.92. The third-order valence-corrected chi connectivity index (χ3v) is 5.30. The van der Waals surface area contributed by atoms with Crippen LogP contribution in [0.15, 0.2) is 34.9 Å². The Balaban J connectivity index is 2.02. The Kier molecular flexibility index (Phi) is 7.38. The summed E-state index contributed by atoms with van der Waals surface area (Å²) in [5, 5.41) is 8.92. The highest BCUT2D eigenvalue weighted by atomic mass is 19.1. The van der Waals surface area contributed by atoms with Crippen molar-refractivity contribution in [1.29, 1.82) is 0 Å². The van der Waals surface area contributed by atoms with E-state index in [1.807, 2.05) is 19.1 Å². The number of aliphatic hydroxyl groups is 1. The van der Waals surface area contributed by atoms with E-state index in [1.165, 1.54) is 5.57 Å². The number of methoxy groups -OCH3 is 1. The second kappa shape index (κ2) is 9.30. The Morgan fingerprint density at radius 2 is 2.16 bits per heavy atom. The molecule has 1 unspecified atom stereocenters. The average Bonchev–Trinajstić information content (AvgIpc) is 3.48. The number of amides is 1. The van der Waals surface area contributed by atoms with Gasteiger partial charge >= 0.3 is 0 Å². The van der Waals surface area contributed by atoms with Crippen LogP contribution in [-0.2, 0) is 9.53 Å². The summed E-state index contributed by atoms with van der Waals surface area (Å²) in [6, 6.07) is 0. The van der Waals surface area contributed by atoms with Crippen LogP contribution in [0.25, 0.3) is 0 Å². The van der Waals surface area contributed by atoms with Crippen molar-refractivity contribution in [1.82, 2.24) is 4.90 Å². The van der Waals surface area contributed by atoms with Crippen molar-refractivity contribution >= 4 is 5.91 Å². The Labute approximate surface area is 150 Å². The monoisotopic (exact) mass is 351 g/mol. The zero-order chi connectivity index (χ0) is 18.4. The molecule has 2 aliphatic rings. The fraction of sp³-hybridized carbons (Fsp3) is 0.650. The molecule has 1 aliphatic carbocycles. The van der Waals surface area contributed by atoms with Crippen LogP contribution >= 0.6 is 0 Å². The quantitative estimate of drug-likeness (QED) is 0.684. The molecule has 0 saturated heterocycles. The number of aliphatic hydroxyl groups excluding tert-OH is 1. The van der Waals surface area contributed by atoms with Gasteiger partial charge in [0.2, 0.25) is 5.91 Å². The molecule has 4 nitrogen and oxygen atoms in total. The van der Waals surface area contributed by atoms with E-state index in [2.05, 4.69) is 13.0 Å². The smallest absolute Gasteiger partial charge is 0.248 e. The summed E-state index contributed by atoms with van der Waals surface area (Å²) in [5.74, 6) is 0.189. The first-order chi connectivity index (χ1) is 12.0. The molecule has 0 aromatic heterocycles. The van der Waals surface area contributed by atoms with Crippen molar-refractivity contribution in [3.05, 3.63) is 34.9 Å². The summed E-state index contributed by atoms with van der Waals surface area (Å²) < 4.78 is 19.0. The topological polar surface area (TPSA) is 49.8 Å². The minimum Gasteiger partial charge on any atom is -0.387 e. The Morgan fingerprint density at radius 1 is 1.44 bits per heavy atom. The third kappa shape index (κ3) is 5.25. The number of carbonyl (C=O) groups excluding carboxylic acids is 1.